The molecule has 0 aromatic carbocycles. The Morgan fingerprint density at radius 2 is 2.31 bits per heavy atom. The molecule has 1 aliphatic carbocycles. The molecule has 1 aliphatic heterocycles. The Morgan fingerprint density at radius 3 is 3.00 bits per heavy atom. The van der Waals surface area contributed by atoms with Gasteiger partial charge in [-0.05, 0) is 18.8 Å². The molecule has 1 unspecified atom stereocenters. The molecule has 1 saturated carbocycles. The lowest BCUT2D eigenvalue weighted by Crippen LogP contribution is -2.32. The van der Waals surface area contributed by atoms with Gasteiger partial charge in [0.05, 0.1) is 7.11 Å². The van der Waals surface area contributed by atoms with Gasteiger partial charge in [0, 0.05) is 12.5 Å². The van der Waals surface area contributed by atoms with Crippen LogP contribution in [0.3, 0.4) is 0 Å². The molecule has 0 aromatic heterocycles. The minimum atomic E-state index is -0.586. The standard InChI is InChI=1S/C9H15NO3/c1-12-9(11)13-8-5-6-3-2-4-7(6)10-8/h6-8,10H,2-5H2,1H3/t6-,7-,8?/m1/s1. The van der Waals surface area contributed by atoms with Crippen LogP contribution in [0.1, 0.15) is 25.7 Å². The molecule has 2 fully saturated rings. The molecule has 74 valence electrons. The smallest absolute Gasteiger partial charge is 0.438 e. The van der Waals surface area contributed by atoms with Crippen LogP contribution < -0.4 is 5.32 Å². The maximum atomic E-state index is 10.8. The largest absolute Gasteiger partial charge is 0.509 e. The molecule has 4 heteroatoms. The van der Waals surface area contributed by atoms with Crippen molar-refractivity contribution in [3.05, 3.63) is 0 Å². The van der Waals surface area contributed by atoms with Gasteiger partial charge in [-0.25, -0.2) is 4.79 Å². The van der Waals surface area contributed by atoms with Gasteiger partial charge >= 0.3 is 6.16 Å². The Morgan fingerprint density at radius 1 is 1.46 bits per heavy atom. The van der Waals surface area contributed by atoms with E-state index in [1.807, 2.05) is 0 Å². The number of carbonyl (C=O) groups is 1. The average Bonchev–Trinajstić information content (AvgIpc) is 2.63. The van der Waals surface area contributed by atoms with Crippen molar-refractivity contribution in [3.63, 3.8) is 0 Å². The molecule has 13 heavy (non-hydrogen) atoms. The van der Waals surface area contributed by atoms with Crippen LogP contribution in [-0.4, -0.2) is 25.5 Å². The number of nitrogens with one attached hydrogen (secondary N) is 1. The van der Waals surface area contributed by atoms with Crippen molar-refractivity contribution in [2.24, 2.45) is 5.92 Å². The molecule has 1 saturated heterocycles. The summed E-state index contributed by atoms with van der Waals surface area (Å²) < 4.78 is 9.46. The highest BCUT2D eigenvalue weighted by molar-refractivity contribution is 5.59. The first kappa shape index (κ1) is 8.81. The maximum Gasteiger partial charge on any atom is 0.509 e. The van der Waals surface area contributed by atoms with Gasteiger partial charge in [-0.1, -0.05) is 6.42 Å². The number of carbonyl (C=O) groups excluding carboxylic acids is 1. The van der Waals surface area contributed by atoms with Crippen molar-refractivity contribution in [2.45, 2.75) is 38.0 Å². The van der Waals surface area contributed by atoms with Gasteiger partial charge in [0.15, 0.2) is 6.23 Å². The predicted molar refractivity (Wildman–Crippen MR) is 46.2 cm³/mol. The second-order valence-corrected chi connectivity index (χ2v) is 3.76. The average molecular weight is 185 g/mol. The molecule has 1 heterocycles. The fraction of sp³-hybridized carbons (Fsp3) is 0.889. The lowest BCUT2D eigenvalue weighted by atomic mass is 10.0. The Hall–Kier alpha value is -0.770. The highest BCUT2D eigenvalue weighted by Crippen LogP contribution is 2.34. The van der Waals surface area contributed by atoms with Crippen molar-refractivity contribution >= 4 is 6.16 Å². The normalized spacial score (nSPS) is 37.2. The third-order valence-corrected chi connectivity index (χ3v) is 2.98. The fourth-order valence-electron chi connectivity index (χ4n) is 2.37. The van der Waals surface area contributed by atoms with Crippen LogP contribution in [0.5, 0.6) is 0 Å². The van der Waals surface area contributed by atoms with Gasteiger partial charge < -0.3 is 9.47 Å². The van der Waals surface area contributed by atoms with E-state index in [0.29, 0.717) is 12.0 Å². The van der Waals surface area contributed by atoms with Crippen LogP contribution in [0.15, 0.2) is 0 Å². The summed E-state index contributed by atoms with van der Waals surface area (Å²) in [4.78, 5) is 10.8. The van der Waals surface area contributed by atoms with Crippen LogP contribution in [0.25, 0.3) is 0 Å². The van der Waals surface area contributed by atoms with Crippen LogP contribution >= 0.6 is 0 Å². The summed E-state index contributed by atoms with van der Waals surface area (Å²) in [6, 6.07) is 0.564. The summed E-state index contributed by atoms with van der Waals surface area (Å²) in [5.41, 5.74) is 0. The zero-order valence-electron chi connectivity index (χ0n) is 7.79. The summed E-state index contributed by atoms with van der Waals surface area (Å²) in [6.07, 6.45) is 4.01. The second-order valence-electron chi connectivity index (χ2n) is 3.76. The molecular weight excluding hydrogens is 170 g/mol. The summed E-state index contributed by atoms with van der Waals surface area (Å²) in [7, 11) is 1.33. The van der Waals surface area contributed by atoms with Crippen LogP contribution in [0.2, 0.25) is 0 Å². The van der Waals surface area contributed by atoms with E-state index in [1.165, 1.54) is 26.4 Å². The van der Waals surface area contributed by atoms with Gasteiger partial charge in [-0.3, -0.25) is 5.32 Å². The Bertz CT molecular complexity index is 195. The van der Waals surface area contributed by atoms with Gasteiger partial charge in [-0.15, -0.1) is 0 Å². The molecule has 1 N–H and O–H groups in total. The number of hydrogen-bond donors (Lipinski definition) is 1. The number of hydrogen-bond acceptors (Lipinski definition) is 4. The van der Waals surface area contributed by atoms with E-state index in [-0.39, 0.29) is 6.23 Å². The molecule has 0 spiro atoms. The molecule has 0 aromatic rings. The first-order chi connectivity index (χ1) is 6.29. The third-order valence-electron chi connectivity index (χ3n) is 2.98. The molecular formula is C9H15NO3. The second kappa shape index (κ2) is 3.54. The van der Waals surface area contributed by atoms with E-state index in [9.17, 15) is 4.79 Å². The van der Waals surface area contributed by atoms with E-state index in [0.717, 1.165) is 6.42 Å². The minimum absolute atomic E-state index is 0.122. The first-order valence-corrected chi connectivity index (χ1v) is 4.80. The molecule has 0 amide bonds. The number of fused-ring (bicyclic) bond motifs is 1. The maximum absolute atomic E-state index is 10.8. The van der Waals surface area contributed by atoms with Gasteiger partial charge in [0.2, 0.25) is 0 Å². The van der Waals surface area contributed by atoms with Gasteiger partial charge in [-0.2, -0.15) is 0 Å². The quantitative estimate of drug-likeness (QED) is 0.625. The number of methoxy groups -OCH3 is 1. The van der Waals surface area contributed by atoms with Crippen molar-refractivity contribution in [3.8, 4) is 0 Å². The van der Waals surface area contributed by atoms with E-state index in [1.54, 1.807) is 0 Å². The topological polar surface area (TPSA) is 47.6 Å². The van der Waals surface area contributed by atoms with Crippen LogP contribution in [0, 0.1) is 5.92 Å². The molecule has 2 rings (SSSR count). The first-order valence-electron chi connectivity index (χ1n) is 4.80. The summed E-state index contributed by atoms with van der Waals surface area (Å²) >= 11 is 0. The molecule has 4 nitrogen and oxygen atoms in total. The monoisotopic (exact) mass is 185 g/mol. The number of rotatable bonds is 1. The molecule has 0 radical (unpaired) electrons. The van der Waals surface area contributed by atoms with E-state index in [2.05, 4.69) is 10.1 Å². The van der Waals surface area contributed by atoms with Crippen molar-refractivity contribution in [2.75, 3.05) is 7.11 Å². The number of ether oxygens (including phenoxy) is 2. The predicted octanol–water partition coefficient (Wildman–Crippen LogP) is 1.26. The summed E-state index contributed by atoms with van der Waals surface area (Å²) in [6.45, 7) is 0. The SMILES string of the molecule is COC(=O)OC1C[C@H]2CCC[C@H]2N1. The van der Waals surface area contributed by atoms with Crippen molar-refractivity contribution in [1.29, 1.82) is 0 Å². The van der Waals surface area contributed by atoms with Crippen LogP contribution in [0.4, 0.5) is 4.79 Å². The highest BCUT2D eigenvalue weighted by atomic mass is 16.7. The Labute approximate surface area is 77.6 Å². The Balaban J connectivity index is 1.82. The third kappa shape index (κ3) is 1.77. The van der Waals surface area contributed by atoms with Crippen molar-refractivity contribution in [1.82, 2.24) is 5.32 Å². The molecule has 0 bridgehead atoms. The molecule has 2 aliphatic rings. The Kier molecular flexibility index (Phi) is 2.40. The lowest BCUT2D eigenvalue weighted by Gasteiger charge is -2.12. The lowest BCUT2D eigenvalue weighted by molar-refractivity contribution is 0.0283. The summed E-state index contributed by atoms with van der Waals surface area (Å²) in [5, 5.41) is 3.30. The highest BCUT2D eigenvalue weighted by Gasteiger charge is 2.38. The zero-order chi connectivity index (χ0) is 9.26. The summed E-state index contributed by atoms with van der Waals surface area (Å²) in [5.74, 6) is 0.703. The minimum Gasteiger partial charge on any atom is -0.438 e. The zero-order valence-corrected chi connectivity index (χ0v) is 7.79. The molecule has 3 atom stereocenters. The fourth-order valence-corrected chi connectivity index (χ4v) is 2.37. The van der Waals surface area contributed by atoms with Crippen molar-refractivity contribution < 1.29 is 14.3 Å². The van der Waals surface area contributed by atoms with Crippen LogP contribution in [-0.2, 0) is 9.47 Å². The van der Waals surface area contributed by atoms with E-state index in [4.69, 9.17) is 4.74 Å². The van der Waals surface area contributed by atoms with E-state index >= 15 is 0 Å². The van der Waals surface area contributed by atoms with Gasteiger partial charge in [0.1, 0.15) is 0 Å². The van der Waals surface area contributed by atoms with Gasteiger partial charge in [0.25, 0.3) is 0 Å². The van der Waals surface area contributed by atoms with E-state index < -0.39 is 6.16 Å².